The fourth-order valence-electron chi connectivity index (χ4n) is 2.76. The van der Waals surface area contributed by atoms with Gasteiger partial charge >= 0.3 is 0 Å². The lowest BCUT2D eigenvalue weighted by Crippen LogP contribution is -2.07. The van der Waals surface area contributed by atoms with Crippen molar-refractivity contribution in [3.05, 3.63) is 41.2 Å². The van der Waals surface area contributed by atoms with Gasteiger partial charge in [-0.3, -0.25) is 14.5 Å². The molecule has 118 valence electrons. The fourth-order valence-corrected chi connectivity index (χ4v) is 2.76. The summed E-state index contributed by atoms with van der Waals surface area (Å²) in [5.74, 6) is 0.665. The van der Waals surface area contributed by atoms with Gasteiger partial charge in [0.05, 0.1) is 18.8 Å². The molecule has 0 aliphatic carbocycles. The normalized spacial score (nSPS) is 18.4. The van der Waals surface area contributed by atoms with Crippen LogP contribution in [0, 0.1) is 0 Å². The van der Waals surface area contributed by atoms with E-state index in [2.05, 4.69) is 15.4 Å². The number of rotatable bonds is 2. The van der Waals surface area contributed by atoms with Crippen LogP contribution in [0.15, 0.2) is 29.3 Å². The number of fused-ring (bicyclic) bond motifs is 2. The summed E-state index contributed by atoms with van der Waals surface area (Å²) in [6.07, 6.45) is 1.38. The number of nitrogens with zero attached hydrogens (tertiary/aromatic N) is 3. The standard InChI is InChI=1S/C16H16N4O3/c1-10(21)18-12-3-2-11-7-20-13(8-22-15(11)4-12)5-14(19-20)16-6-17-9-23-16/h2-5,9,16H,6-8H2,1H3,(H,18,21). The molecular weight excluding hydrogens is 296 g/mol. The van der Waals surface area contributed by atoms with Gasteiger partial charge in [-0.25, -0.2) is 0 Å². The third kappa shape index (κ3) is 2.65. The minimum absolute atomic E-state index is 0.101. The van der Waals surface area contributed by atoms with Gasteiger partial charge in [-0.15, -0.1) is 0 Å². The van der Waals surface area contributed by atoms with Crippen molar-refractivity contribution in [2.75, 3.05) is 11.9 Å². The molecule has 0 saturated carbocycles. The van der Waals surface area contributed by atoms with Gasteiger partial charge in [-0.1, -0.05) is 6.07 Å². The van der Waals surface area contributed by atoms with Crippen LogP contribution in [0.4, 0.5) is 5.69 Å². The summed E-state index contributed by atoms with van der Waals surface area (Å²) < 4.78 is 13.2. The van der Waals surface area contributed by atoms with Gasteiger partial charge < -0.3 is 14.8 Å². The van der Waals surface area contributed by atoms with E-state index in [1.807, 2.05) is 28.9 Å². The van der Waals surface area contributed by atoms with Crippen LogP contribution in [-0.4, -0.2) is 28.6 Å². The second-order valence-electron chi connectivity index (χ2n) is 5.61. The molecule has 0 radical (unpaired) electrons. The first-order chi connectivity index (χ1) is 11.2. The molecule has 1 atom stereocenters. The van der Waals surface area contributed by atoms with Crippen molar-refractivity contribution < 1.29 is 14.3 Å². The Morgan fingerprint density at radius 1 is 1.39 bits per heavy atom. The Labute approximate surface area is 132 Å². The summed E-state index contributed by atoms with van der Waals surface area (Å²) >= 11 is 0. The molecule has 0 fully saturated rings. The number of anilines is 1. The molecular formula is C16H16N4O3. The second kappa shape index (κ2) is 5.42. The molecule has 1 amide bonds. The molecule has 1 aromatic heterocycles. The van der Waals surface area contributed by atoms with Crippen molar-refractivity contribution in [2.24, 2.45) is 4.99 Å². The maximum absolute atomic E-state index is 11.2. The smallest absolute Gasteiger partial charge is 0.221 e. The number of carbonyl (C=O) groups is 1. The Hall–Kier alpha value is -2.83. The lowest BCUT2D eigenvalue weighted by Gasteiger charge is -2.10. The van der Waals surface area contributed by atoms with Gasteiger partial charge in [0.25, 0.3) is 0 Å². The molecule has 0 bridgehead atoms. The third-order valence-corrected chi connectivity index (χ3v) is 3.87. The number of hydrogen-bond acceptors (Lipinski definition) is 5. The lowest BCUT2D eigenvalue weighted by atomic mass is 10.2. The molecule has 7 heteroatoms. The average Bonchev–Trinajstić information content (AvgIpc) is 3.14. The first-order valence-electron chi connectivity index (χ1n) is 7.43. The van der Waals surface area contributed by atoms with Crippen molar-refractivity contribution in [3.8, 4) is 5.75 Å². The largest absolute Gasteiger partial charge is 0.487 e. The Balaban J connectivity index is 1.60. The van der Waals surface area contributed by atoms with E-state index in [0.717, 1.165) is 28.4 Å². The molecule has 2 aliphatic heterocycles. The lowest BCUT2D eigenvalue weighted by molar-refractivity contribution is -0.114. The van der Waals surface area contributed by atoms with Gasteiger partial charge in [-0.2, -0.15) is 5.10 Å². The van der Waals surface area contributed by atoms with Crippen LogP contribution in [0.1, 0.15) is 30.0 Å². The van der Waals surface area contributed by atoms with Crippen LogP contribution >= 0.6 is 0 Å². The number of benzene rings is 1. The van der Waals surface area contributed by atoms with E-state index in [1.54, 1.807) is 0 Å². The van der Waals surface area contributed by atoms with Gasteiger partial charge in [0.1, 0.15) is 18.1 Å². The highest BCUT2D eigenvalue weighted by Gasteiger charge is 2.23. The fraction of sp³-hybridized carbons (Fsp3) is 0.312. The molecule has 4 rings (SSSR count). The first kappa shape index (κ1) is 13.8. The predicted molar refractivity (Wildman–Crippen MR) is 83.6 cm³/mol. The zero-order chi connectivity index (χ0) is 15.8. The van der Waals surface area contributed by atoms with E-state index >= 15 is 0 Å². The number of aromatic nitrogens is 2. The highest BCUT2D eigenvalue weighted by Crippen LogP contribution is 2.29. The third-order valence-electron chi connectivity index (χ3n) is 3.87. The summed E-state index contributed by atoms with van der Waals surface area (Å²) in [5.41, 5.74) is 3.62. The van der Waals surface area contributed by atoms with E-state index in [4.69, 9.17) is 9.47 Å². The number of amides is 1. The number of hydrogen-bond donors (Lipinski definition) is 1. The van der Waals surface area contributed by atoms with E-state index < -0.39 is 0 Å². The molecule has 0 spiro atoms. The number of nitrogens with one attached hydrogen (secondary N) is 1. The molecule has 1 aromatic carbocycles. The topological polar surface area (TPSA) is 77.7 Å². The molecule has 0 saturated heterocycles. The summed E-state index contributed by atoms with van der Waals surface area (Å²) in [6.45, 7) is 3.14. The van der Waals surface area contributed by atoms with Crippen LogP contribution in [0.3, 0.4) is 0 Å². The molecule has 23 heavy (non-hydrogen) atoms. The summed E-state index contributed by atoms with van der Waals surface area (Å²) in [7, 11) is 0. The Morgan fingerprint density at radius 3 is 3.09 bits per heavy atom. The van der Waals surface area contributed by atoms with Crippen LogP contribution in [0.5, 0.6) is 5.75 Å². The number of aliphatic imine (C=N–C) groups is 1. The minimum Gasteiger partial charge on any atom is -0.487 e. The van der Waals surface area contributed by atoms with Crippen molar-refractivity contribution in [2.45, 2.75) is 26.2 Å². The zero-order valence-electron chi connectivity index (χ0n) is 12.7. The maximum Gasteiger partial charge on any atom is 0.221 e. The van der Waals surface area contributed by atoms with Crippen LogP contribution < -0.4 is 10.1 Å². The maximum atomic E-state index is 11.2. The molecule has 7 nitrogen and oxygen atoms in total. The Bertz CT molecular complexity index is 789. The summed E-state index contributed by atoms with van der Waals surface area (Å²) in [5, 5.41) is 7.39. The van der Waals surface area contributed by atoms with Crippen molar-refractivity contribution in [3.63, 3.8) is 0 Å². The van der Waals surface area contributed by atoms with E-state index in [-0.39, 0.29) is 12.0 Å². The zero-order valence-corrected chi connectivity index (χ0v) is 12.7. The highest BCUT2D eigenvalue weighted by atomic mass is 16.5. The van der Waals surface area contributed by atoms with E-state index in [1.165, 1.54) is 13.3 Å². The minimum atomic E-state index is -0.102. The predicted octanol–water partition coefficient (Wildman–Crippen LogP) is 1.88. The SMILES string of the molecule is CC(=O)Nc1ccc2c(c1)OCc1cc(C3CN=CO3)nn1C2. The Morgan fingerprint density at radius 2 is 2.30 bits per heavy atom. The van der Waals surface area contributed by atoms with Gasteiger partial charge in [-0.05, 0) is 12.1 Å². The van der Waals surface area contributed by atoms with Crippen LogP contribution in [0.25, 0.3) is 0 Å². The number of ether oxygens (including phenoxy) is 2. The van der Waals surface area contributed by atoms with Crippen molar-refractivity contribution >= 4 is 18.0 Å². The quantitative estimate of drug-likeness (QED) is 0.918. The highest BCUT2D eigenvalue weighted by molar-refractivity contribution is 5.88. The van der Waals surface area contributed by atoms with E-state index in [9.17, 15) is 4.79 Å². The van der Waals surface area contributed by atoms with Crippen LogP contribution in [-0.2, 0) is 22.7 Å². The molecule has 3 heterocycles. The van der Waals surface area contributed by atoms with E-state index in [0.29, 0.717) is 19.7 Å². The molecule has 1 N–H and O–H groups in total. The number of carbonyl (C=O) groups excluding carboxylic acids is 1. The summed E-state index contributed by atoms with van der Waals surface area (Å²) in [6, 6.07) is 7.66. The Kier molecular flexibility index (Phi) is 3.25. The van der Waals surface area contributed by atoms with Gasteiger partial charge in [0.15, 0.2) is 12.5 Å². The van der Waals surface area contributed by atoms with Crippen molar-refractivity contribution in [1.82, 2.24) is 9.78 Å². The molecule has 1 unspecified atom stereocenters. The molecule has 2 aromatic rings. The van der Waals surface area contributed by atoms with Crippen LogP contribution in [0.2, 0.25) is 0 Å². The summed E-state index contributed by atoms with van der Waals surface area (Å²) in [4.78, 5) is 15.2. The average molecular weight is 312 g/mol. The van der Waals surface area contributed by atoms with Gasteiger partial charge in [0, 0.05) is 24.2 Å². The van der Waals surface area contributed by atoms with Crippen molar-refractivity contribution in [1.29, 1.82) is 0 Å². The molecule has 2 aliphatic rings. The monoisotopic (exact) mass is 312 g/mol. The first-order valence-corrected chi connectivity index (χ1v) is 7.43. The second-order valence-corrected chi connectivity index (χ2v) is 5.61. The van der Waals surface area contributed by atoms with Gasteiger partial charge in [0.2, 0.25) is 5.91 Å².